The van der Waals surface area contributed by atoms with E-state index in [1.807, 2.05) is 13.1 Å². The Hall–Kier alpha value is -1.37. The van der Waals surface area contributed by atoms with E-state index in [2.05, 4.69) is 37.5 Å². The van der Waals surface area contributed by atoms with Crippen LogP contribution in [0.25, 0.3) is 0 Å². The Labute approximate surface area is 115 Å². The first kappa shape index (κ1) is 15.7. The van der Waals surface area contributed by atoms with E-state index in [0.717, 1.165) is 6.42 Å². The molecule has 2 nitrogen and oxygen atoms in total. The lowest BCUT2D eigenvalue weighted by Gasteiger charge is -2.34. The van der Waals surface area contributed by atoms with Gasteiger partial charge in [0.25, 0.3) is 0 Å². The van der Waals surface area contributed by atoms with E-state index < -0.39 is 0 Å². The molecule has 104 valence electrons. The van der Waals surface area contributed by atoms with Gasteiger partial charge in [0.2, 0.25) is 0 Å². The summed E-state index contributed by atoms with van der Waals surface area (Å²) >= 11 is 0. The van der Waals surface area contributed by atoms with Crippen LogP contribution < -0.4 is 5.73 Å². The first-order valence-electron chi connectivity index (χ1n) is 6.59. The minimum atomic E-state index is -0.206. The van der Waals surface area contributed by atoms with Gasteiger partial charge in [0, 0.05) is 23.2 Å². The van der Waals surface area contributed by atoms with Crippen LogP contribution in [0.2, 0.25) is 0 Å². The topological polar surface area (TPSA) is 29.3 Å². The molecule has 2 N–H and O–H groups in total. The van der Waals surface area contributed by atoms with Crippen molar-refractivity contribution in [2.45, 2.75) is 39.3 Å². The first-order valence-corrected chi connectivity index (χ1v) is 6.59. The zero-order valence-electron chi connectivity index (χ0n) is 12.3. The van der Waals surface area contributed by atoms with Gasteiger partial charge in [-0.15, -0.1) is 0 Å². The van der Waals surface area contributed by atoms with Gasteiger partial charge in [-0.3, -0.25) is 4.90 Å². The normalized spacial score (nSPS) is 11.3. The molecule has 0 atom stereocenters. The molecule has 0 fully saturated rings. The predicted molar refractivity (Wildman–Crippen MR) is 78.2 cm³/mol. The first-order chi connectivity index (χ1) is 8.90. The number of hydrogen-bond donors (Lipinski definition) is 1. The van der Waals surface area contributed by atoms with Crippen molar-refractivity contribution in [3.8, 4) is 11.8 Å². The van der Waals surface area contributed by atoms with E-state index >= 15 is 0 Å². The van der Waals surface area contributed by atoms with E-state index in [0.29, 0.717) is 17.7 Å². The van der Waals surface area contributed by atoms with Gasteiger partial charge >= 0.3 is 0 Å². The molecule has 0 heterocycles. The number of halogens is 1. The smallest absolute Gasteiger partial charge is 0.128 e. The van der Waals surface area contributed by atoms with E-state index in [1.54, 1.807) is 6.07 Å². The quantitative estimate of drug-likeness (QED) is 0.845. The Morgan fingerprint density at radius 3 is 2.58 bits per heavy atom. The van der Waals surface area contributed by atoms with Crippen LogP contribution in [0.1, 0.15) is 38.3 Å². The van der Waals surface area contributed by atoms with Gasteiger partial charge < -0.3 is 5.73 Å². The Morgan fingerprint density at radius 2 is 2.05 bits per heavy atom. The van der Waals surface area contributed by atoms with Gasteiger partial charge in [0.1, 0.15) is 5.82 Å². The number of rotatable bonds is 4. The van der Waals surface area contributed by atoms with E-state index in [4.69, 9.17) is 5.73 Å². The fourth-order valence-corrected chi connectivity index (χ4v) is 1.65. The molecule has 0 saturated carbocycles. The highest BCUT2D eigenvalue weighted by Crippen LogP contribution is 2.20. The lowest BCUT2D eigenvalue weighted by atomic mass is 9.99. The molecule has 3 heteroatoms. The molecule has 0 unspecified atom stereocenters. The van der Waals surface area contributed by atoms with Crippen molar-refractivity contribution in [1.29, 1.82) is 0 Å². The molecule has 1 aromatic rings. The monoisotopic (exact) mass is 262 g/mol. The molecule has 0 radical (unpaired) electrons. The Bertz CT molecular complexity index is 483. The molecule has 19 heavy (non-hydrogen) atoms. The van der Waals surface area contributed by atoms with Crippen LogP contribution in [0.15, 0.2) is 18.2 Å². The molecule has 0 amide bonds. The maximum absolute atomic E-state index is 14.0. The Kier molecular flexibility index (Phi) is 5.53. The minimum absolute atomic E-state index is 0.0600. The molecular weight excluding hydrogens is 239 g/mol. The third-order valence-electron chi connectivity index (χ3n) is 3.69. The standard InChI is InChI=1S/C16H23FN2/c1-5-16(2,3)19(4)12-14-9-8-13(7-6-10-18)11-15(14)17/h8-9,11H,5,10,12,18H2,1-4H3. The van der Waals surface area contributed by atoms with E-state index in [-0.39, 0.29) is 17.9 Å². The predicted octanol–water partition coefficient (Wildman–Crippen LogP) is 2.76. The van der Waals surface area contributed by atoms with Crippen LogP contribution in [0.4, 0.5) is 4.39 Å². The van der Waals surface area contributed by atoms with Crippen molar-refractivity contribution in [2.75, 3.05) is 13.6 Å². The van der Waals surface area contributed by atoms with Gasteiger partial charge in [-0.25, -0.2) is 4.39 Å². The highest BCUT2D eigenvalue weighted by Gasteiger charge is 2.21. The summed E-state index contributed by atoms with van der Waals surface area (Å²) in [6.45, 7) is 7.34. The molecule has 0 aromatic heterocycles. The largest absolute Gasteiger partial charge is 0.320 e. The van der Waals surface area contributed by atoms with Crippen molar-refractivity contribution in [1.82, 2.24) is 4.90 Å². The summed E-state index contributed by atoms with van der Waals surface area (Å²) in [5.41, 5.74) is 6.73. The summed E-state index contributed by atoms with van der Waals surface area (Å²) in [7, 11) is 2.02. The average Bonchev–Trinajstić information content (AvgIpc) is 2.39. The molecule has 0 bridgehead atoms. The maximum atomic E-state index is 14.0. The fraction of sp³-hybridized carbons (Fsp3) is 0.500. The number of benzene rings is 1. The van der Waals surface area contributed by atoms with Crippen LogP contribution in [-0.2, 0) is 6.54 Å². The van der Waals surface area contributed by atoms with Gasteiger partial charge in [-0.1, -0.05) is 24.8 Å². The summed E-state index contributed by atoms with van der Waals surface area (Å²) in [5.74, 6) is 5.36. The molecule has 1 rings (SSSR count). The highest BCUT2D eigenvalue weighted by molar-refractivity contribution is 5.37. The number of hydrogen-bond acceptors (Lipinski definition) is 2. The summed E-state index contributed by atoms with van der Waals surface area (Å²) in [6.07, 6.45) is 1.02. The second-order valence-electron chi connectivity index (χ2n) is 5.33. The fourth-order valence-electron chi connectivity index (χ4n) is 1.65. The van der Waals surface area contributed by atoms with Crippen LogP contribution in [0, 0.1) is 17.7 Å². The number of nitrogens with zero attached hydrogens (tertiary/aromatic N) is 1. The summed E-state index contributed by atoms with van der Waals surface area (Å²) in [4.78, 5) is 2.16. The third-order valence-corrected chi connectivity index (χ3v) is 3.69. The van der Waals surface area contributed by atoms with Crippen LogP contribution in [-0.4, -0.2) is 24.0 Å². The summed E-state index contributed by atoms with van der Waals surface area (Å²) in [5, 5.41) is 0. The molecular formula is C16H23FN2. The van der Waals surface area contributed by atoms with Gasteiger partial charge in [0.15, 0.2) is 0 Å². The highest BCUT2D eigenvalue weighted by atomic mass is 19.1. The minimum Gasteiger partial charge on any atom is -0.320 e. The van der Waals surface area contributed by atoms with E-state index in [9.17, 15) is 4.39 Å². The molecule has 1 aromatic carbocycles. The van der Waals surface area contributed by atoms with Crippen LogP contribution in [0.5, 0.6) is 0 Å². The molecule has 0 aliphatic rings. The van der Waals surface area contributed by atoms with Gasteiger partial charge in [-0.05, 0) is 39.4 Å². The molecule has 0 spiro atoms. The molecule has 0 saturated heterocycles. The zero-order valence-corrected chi connectivity index (χ0v) is 12.3. The van der Waals surface area contributed by atoms with E-state index in [1.165, 1.54) is 6.07 Å². The van der Waals surface area contributed by atoms with Crippen molar-refractivity contribution in [3.63, 3.8) is 0 Å². The van der Waals surface area contributed by atoms with Crippen LogP contribution in [0.3, 0.4) is 0 Å². The second kappa shape index (κ2) is 6.70. The average molecular weight is 262 g/mol. The Morgan fingerprint density at radius 1 is 1.37 bits per heavy atom. The van der Waals surface area contributed by atoms with Gasteiger partial charge in [-0.2, -0.15) is 0 Å². The second-order valence-corrected chi connectivity index (χ2v) is 5.33. The van der Waals surface area contributed by atoms with Crippen molar-refractivity contribution in [2.24, 2.45) is 5.73 Å². The van der Waals surface area contributed by atoms with Crippen LogP contribution >= 0.6 is 0 Å². The molecule has 0 aliphatic carbocycles. The number of nitrogens with two attached hydrogens (primary N) is 1. The lowest BCUT2D eigenvalue weighted by molar-refractivity contribution is 0.141. The summed E-state index contributed by atoms with van der Waals surface area (Å²) in [6, 6.07) is 5.12. The maximum Gasteiger partial charge on any atom is 0.128 e. The van der Waals surface area contributed by atoms with Crippen molar-refractivity contribution in [3.05, 3.63) is 35.1 Å². The lowest BCUT2D eigenvalue weighted by Crippen LogP contribution is -2.39. The Balaban J connectivity index is 2.86. The SMILES string of the molecule is CCC(C)(C)N(C)Cc1ccc(C#CCN)cc1F. The zero-order chi connectivity index (χ0) is 14.5. The van der Waals surface area contributed by atoms with Gasteiger partial charge in [0.05, 0.1) is 6.54 Å². The third kappa shape index (κ3) is 4.34. The molecule has 0 aliphatic heterocycles. The summed E-state index contributed by atoms with van der Waals surface area (Å²) < 4.78 is 14.0. The van der Waals surface area contributed by atoms with Crippen molar-refractivity contribution >= 4 is 0 Å². The van der Waals surface area contributed by atoms with Crippen molar-refractivity contribution < 1.29 is 4.39 Å².